The number of imide groups is 1. The number of ether oxygens (including phenoxy) is 1. The van der Waals surface area contributed by atoms with Crippen LogP contribution in [0.1, 0.15) is 37.7 Å². The van der Waals surface area contributed by atoms with Gasteiger partial charge < -0.3 is 15.4 Å². The van der Waals surface area contributed by atoms with Gasteiger partial charge in [-0.15, -0.1) is 0 Å². The van der Waals surface area contributed by atoms with Gasteiger partial charge in [-0.25, -0.2) is 13.2 Å². The lowest BCUT2D eigenvalue weighted by atomic mass is 9.82. The second-order valence-electron chi connectivity index (χ2n) is 8.80. The maximum Gasteiger partial charge on any atom is 0.325 e. The summed E-state index contributed by atoms with van der Waals surface area (Å²) < 4.78 is 33.9. The van der Waals surface area contributed by atoms with Crippen LogP contribution in [0.3, 0.4) is 0 Å². The van der Waals surface area contributed by atoms with E-state index in [9.17, 15) is 22.8 Å². The Bertz CT molecular complexity index is 1270. The van der Waals surface area contributed by atoms with Crippen molar-refractivity contribution in [3.8, 4) is 5.75 Å². The van der Waals surface area contributed by atoms with Crippen LogP contribution in [0.15, 0.2) is 47.4 Å². The van der Waals surface area contributed by atoms with Crippen molar-refractivity contribution >= 4 is 39.2 Å². The summed E-state index contributed by atoms with van der Waals surface area (Å²) in [6.07, 6.45) is 3.82. The first-order valence-electron chi connectivity index (χ1n) is 11.4. The third kappa shape index (κ3) is 4.95. The number of carbonyl (C=O) groups excluding carboxylic acids is 3. The van der Waals surface area contributed by atoms with Gasteiger partial charge in [0.2, 0.25) is 5.91 Å². The van der Waals surface area contributed by atoms with E-state index in [-0.39, 0.29) is 22.2 Å². The summed E-state index contributed by atoms with van der Waals surface area (Å²) in [4.78, 5) is 38.9. The summed E-state index contributed by atoms with van der Waals surface area (Å²) in [5.74, 6) is -0.626. The van der Waals surface area contributed by atoms with E-state index >= 15 is 0 Å². The summed E-state index contributed by atoms with van der Waals surface area (Å²) in [5.41, 5.74) is 0.0587. The summed E-state index contributed by atoms with van der Waals surface area (Å²) in [6, 6.07) is 10.5. The molecule has 0 unspecified atom stereocenters. The highest BCUT2D eigenvalue weighted by atomic mass is 32.2. The highest BCUT2D eigenvalue weighted by molar-refractivity contribution is 7.92. The van der Waals surface area contributed by atoms with Gasteiger partial charge in [-0.1, -0.05) is 37.5 Å². The second-order valence-corrected chi connectivity index (χ2v) is 10.4. The number of anilines is 2. The molecule has 1 spiro atoms. The van der Waals surface area contributed by atoms with Crippen molar-refractivity contribution in [2.45, 2.75) is 49.5 Å². The molecule has 2 fully saturated rings. The Kier molecular flexibility index (Phi) is 6.70. The fourth-order valence-electron chi connectivity index (χ4n) is 4.55. The van der Waals surface area contributed by atoms with E-state index in [1.165, 1.54) is 13.2 Å². The Labute approximate surface area is 204 Å². The zero-order valence-electron chi connectivity index (χ0n) is 19.6. The molecule has 35 heavy (non-hydrogen) atoms. The number of aryl methyl sites for hydroxylation is 1. The minimum atomic E-state index is -4.00. The van der Waals surface area contributed by atoms with Gasteiger partial charge in [-0.2, -0.15) is 0 Å². The molecule has 1 saturated carbocycles. The Morgan fingerprint density at radius 3 is 2.54 bits per heavy atom. The first-order chi connectivity index (χ1) is 16.6. The average molecular weight is 501 g/mol. The standard InChI is InChI=1S/C24H28N4O6S/c1-16-10-11-17(14-20(16)35(32,33)27-18-8-4-5-9-19(18)34-2)25-21(29)15-28-22(30)24(26-23(28)31)12-6-3-7-13-24/h4-5,8-11,14,27H,3,6-7,12-13,15H2,1-2H3,(H,25,29)(H,26,31). The lowest BCUT2D eigenvalue weighted by molar-refractivity contribution is -0.134. The van der Waals surface area contributed by atoms with E-state index in [1.807, 2.05) is 0 Å². The first kappa shape index (κ1) is 24.5. The van der Waals surface area contributed by atoms with Crippen LogP contribution in [0.25, 0.3) is 0 Å². The molecular weight excluding hydrogens is 472 g/mol. The van der Waals surface area contributed by atoms with Crippen molar-refractivity contribution in [2.24, 2.45) is 0 Å². The molecule has 0 bridgehead atoms. The molecule has 0 atom stereocenters. The van der Waals surface area contributed by atoms with E-state index in [0.717, 1.165) is 24.2 Å². The van der Waals surface area contributed by atoms with Crippen LogP contribution in [0.4, 0.5) is 16.2 Å². The van der Waals surface area contributed by atoms with Gasteiger partial charge in [0, 0.05) is 5.69 Å². The predicted octanol–water partition coefficient (Wildman–Crippen LogP) is 3.00. The highest BCUT2D eigenvalue weighted by Crippen LogP contribution is 2.33. The van der Waals surface area contributed by atoms with Gasteiger partial charge in [0.25, 0.3) is 15.9 Å². The number of nitrogens with one attached hydrogen (secondary N) is 3. The van der Waals surface area contributed by atoms with E-state index in [4.69, 9.17) is 4.74 Å². The number of hydrogen-bond donors (Lipinski definition) is 3. The summed E-state index contributed by atoms with van der Waals surface area (Å²) in [6.45, 7) is 1.18. The van der Waals surface area contributed by atoms with E-state index in [0.29, 0.717) is 24.2 Å². The molecule has 2 aromatic carbocycles. The van der Waals surface area contributed by atoms with Crippen LogP contribution in [0, 0.1) is 6.92 Å². The Morgan fingerprint density at radius 1 is 1.11 bits per heavy atom. The van der Waals surface area contributed by atoms with Crippen LogP contribution in [0.2, 0.25) is 0 Å². The van der Waals surface area contributed by atoms with Crippen LogP contribution in [-0.2, 0) is 19.6 Å². The van der Waals surface area contributed by atoms with Crippen molar-refractivity contribution in [3.05, 3.63) is 48.0 Å². The van der Waals surface area contributed by atoms with E-state index in [2.05, 4.69) is 15.4 Å². The van der Waals surface area contributed by atoms with Crippen LogP contribution in [0.5, 0.6) is 5.75 Å². The second kappa shape index (κ2) is 9.57. The molecule has 1 heterocycles. The average Bonchev–Trinajstić information content (AvgIpc) is 3.04. The smallest absolute Gasteiger partial charge is 0.325 e. The maximum absolute atomic E-state index is 13.1. The monoisotopic (exact) mass is 500 g/mol. The van der Waals surface area contributed by atoms with E-state index < -0.39 is 34.0 Å². The third-order valence-corrected chi connectivity index (χ3v) is 7.87. The number of benzene rings is 2. The molecule has 4 rings (SSSR count). The molecule has 3 N–H and O–H groups in total. The molecule has 1 aliphatic heterocycles. The number of methoxy groups -OCH3 is 1. The number of para-hydroxylation sites is 2. The highest BCUT2D eigenvalue weighted by Gasteiger charge is 2.51. The predicted molar refractivity (Wildman–Crippen MR) is 130 cm³/mol. The number of rotatable bonds is 7. The summed E-state index contributed by atoms with van der Waals surface area (Å²) in [5, 5.41) is 5.36. The normalized spacial score (nSPS) is 17.3. The Morgan fingerprint density at radius 2 is 1.83 bits per heavy atom. The lowest BCUT2D eigenvalue weighted by Gasteiger charge is -2.30. The Hall–Kier alpha value is -3.60. The van der Waals surface area contributed by atoms with Crippen molar-refractivity contribution < 1.29 is 27.5 Å². The fourth-order valence-corrected chi connectivity index (χ4v) is 5.90. The molecule has 10 nitrogen and oxygen atoms in total. The maximum atomic E-state index is 13.1. The van der Waals surface area contributed by atoms with Crippen molar-refractivity contribution in [1.82, 2.24) is 10.2 Å². The number of urea groups is 1. The van der Waals surface area contributed by atoms with Crippen LogP contribution < -0.4 is 20.1 Å². The SMILES string of the molecule is COc1ccccc1NS(=O)(=O)c1cc(NC(=O)CN2C(=O)NC3(CCCCC3)C2=O)ccc1C. The summed E-state index contributed by atoms with van der Waals surface area (Å²) in [7, 11) is -2.56. The molecule has 0 radical (unpaired) electrons. The first-order valence-corrected chi connectivity index (χ1v) is 12.8. The molecule has 186 valence electrons. The number of amides is 4. The number of carbonyl (C=O) groups is 3. The topological polar surface area (TPSA) is 134 Å². The summed E-state index contributed by atoms with van der Waals surface area (Å²) >= 11 is 0. The van der Waals surface area contributed by atoms with Crippen molar-refractivity contribution in [3.63, 3.8) is 0 Å². The van der Waals surface area contributed by atoms with Crippen molar-refractivity contribution in [1.29, 1.82) is 0 Å². The molecule has 0 aromatic heterocycles. The minimum absolute atomic E-state index is 0.0302. The molecule has 1 saturated heterocycles. The molecule has 2 aromatic rings. The zero-order chi connectivity index (χ0) is 25.2. The molecule has 4 amide bonds. The molecule has 1 aliphatic carbocycles. The minimum Gasteiger partial charge on any atom is -0.495 e. The molecule has 11 heteroatoms. The molecule has 2 aliphatic rings. The Balaban J connectivity index is 1.48. The fraction of sp³-hybridized carbons (Fsp3) is 0.375. The van der Waals surface area contributed by atoms with Gasteiger partial charge in [-0.05, 0) is 49.6 Å². The largest absolute Gasteiger partial charge is 0.495 e. The quantitative estimate of drug-likeness (QED) is 0.501. The van der Waals surface area contributed by atoms with Crippen LogP contribution in [-0.4, -0.2) is 50.4 Å². The van der Waals surface area contributed by atoms with Gasteiger partial charge in [-0.3, -0.25) is 19.2 Å². The molecular formula is C24H28N4O6S. The van der Waals surface area contributed by atoms with Crippen molar-refractivity contribution in [2.75, 3.05) is 23.7 Å². The zero-order valence-corrected chi connectivity index (χ0v) is 20.4. The van der Waals surface area contributed by atoms with Gasteiger partial charge in [0.15, 0.2) is 0 Å². The third-order valence-electron chi connectivity index (χ3n) is 6.37. The van der Waals surface area contributed by atoms with Gasteiger partial charge in [0.1, 0.15) is 17.8 Å². The van der Waals surface area contributed by atoms with E-state index in [1.54, 1.807) is 43.3 Å². The number of sulfonamides is 1. The lowest BCUT2D eigenvalue weighted by Crippen LogP contribution is -2.48. The van der Waals surface area contributed by atoms with Gasteiger partial charge >= 0.3 is 6.03 Å². The number of hydrogen-bond acceptors (Lipinski definition) is 6. The van der Waals surface area contributed by atoms with Crippen LogP contribution >= 0.6 is 0 Å². The number of nitrogens with zero attached hydrogens (tertiary/aromatic N) is 1. The van der Waals surface area contributed by atoms with Gasteiger partial charge in [0.05, 0.1) is 17.7 Å².